The van der Waals surface area contributed by atoms with Gasteiger partial charge in [-0.1, -0.05) is 43.3 Å². The summed E-state index contributed by atoms with van der Waals surface area (Å²) < 4.78 is 6.93. The number of aromatic nitrogens is 4. The summed E-state index contributed by atoms with van der Waals surface area (Å²) in [6.07, 6.45) is 1.51. The molecule has 2 aromatic heterocycles. The van der Waals surface area contributed by atoms with Crippen LogP contribution in [0.15, 0.2) is 35.5 Å². The molecule has 9 nitrogen and oxygen atoms in total. The molecule has 0 atom stereocenters. The largest absolute Gasteiger partial charge is 0.450 e. The van der Waals surface area contributed by atoms with Gasteiger partial charge in [-0.25, -0.2) is 9.48 Å². The van der Waals surface area contributed by atoms with Gasteiger partial charge in [0.25, 0.3) is 0 Å². The average Bonchev–Trinajstić information content (AvgIpc) is 3.28. The Hall–Kier alpha value is -3.14. The fraction of sp³-hybridized carbons (Fsp3) is 0.458. The number of benzene rings is 1. The summed E-state index contributed by atoms with van der Waals surface area (Å²) in [5.74, 6) is 0.448. The number of piperazine rings is 1. The molecular weight excluding hydrogens is 452 g/mol. The Morgan fingerprint density at radius 2 is 1.74 bits per heavy atom. The van der Waals surface area contributed by atoms with E-state index in [4.69, 9.17) is 4.74 Å². The molecule has 1 aliphatic rings. The van der Waals surface area contributed by atoms with E-state index in [0.29, 0.717) is 37.8 Å². The van der Waals surface area contributed by atoms with Crippen LogP contribution in [0.4, 0.5) is 4.79 Å². The molecule has 0 aliphatic carbocycles. The van der Waals surface area contributed by atoms with Gasteiger partial charge in [0.2, 0.25) is 5.91 Å². The lowest BCUT2D eigenvalue weighted by Crippen LogP contribution is -2.51. The zero-order valence-electron chi connectivity index (χ0n) is 20.0. The van der Waals surface area contributed by atoms with E-state index in [1.807, 2.05) is 42.1 Å². The normalized spacial score (nSPS) is 14.1. The van der Waals surface area contributed by atoms with Crippen molar-refractivity contribution in [1.82, 2.24) is 29.8 Å². The van der Waals surface area contributed by atoms with E-state index in [1.54, 1.807) is 16.7 Å². The first-order chi connectivity index (χ1) is 16.4. The van der Waals surface area contributed by atoms with Crippen LogP contribution in [0.1, 0.15) is 37.9 Å². The van der Waals surface area contributed by atoms with Crippen molar-refractivity contribution in [2.24, 2.45) is 0 Å². The predicted molar refractivity (Wildman–Crippen MR) is 131 cm³/mol. The molecule has 3 aromatic rings. The topological polar surface area (TPSA) is 93.4 Å². The number of aryl methyl sites for hydroxylation is 1. The lowest BCUT2D eigenvalue weighted by molar-refractivity contribution is -0.129. The molecule has 1 saturated heterocycles. The summed E-state index contributed by atoms with van der Waals surface area (Å²) in [4.78, 5) is 28.2. The first-order valence-corrected chi connectivity index (χ1v) is 12.5. The quantitative estimate of drug-likeness (QED) is 0.495. The van der Waals surface area contributed by atoms with Crippen molar-refractivity contribution < 1.29 is 14.3 Å². The Morgan fingerprint density at radius 1 is 1.06 bits per heavy atom. The molecule has 0 bridgehead atoms. The maximum Gasteiger partial charge on any atom is 0.409 e. The lowest BCUT2D eigenvalue weighted by atomic mass is 10.1. The predicted octanol–water partition coefficient (Wildman–Crippen LogP) is 3.64. The van der Waals surface area contributed by atoms with Crippen LogP contribution in [0.5, 0.6) is 0 Å². The number of ether oxygens (including phenoxy) is 1. The monoisotopic (exact) mass is 482 g/mol. The van der Waals surface area contributed by atoms with Crippen LogP contribution in [-0.2, 0) is 9.53 Å². The Bertz CT molecular complexity index is 1170. The number of carbonyl (C=O) groups is 2. The van der Waals surface area contributed by atoms with Crippen molar-refractivity contribution >= 4 is 34.7 Å². The standard InChI is InChI=1S/C24H30N6O3S/c1-5-33-24(32)29-12-10-28(11-13-29)20(31)15-34-23-22-19(21(16(2)3)26-27-23)14-25-30(22)18-8-6-17(4)7-9-18/h6-9,14,16H,5,10-13,15H2,1-4H3. The number of carbonyl (C=O) groups excluding carboxylic acids is 2. The number of nitrogens with zero attached hydrogens (tertiary/aromatic N) is 6. The second-order valence-electron chi connectivity index (χ2n) is 8.55. The Morgan fingerprint density at radius 3 is 2.38 bits per heavy atom. The zero-order chi connectivity index (χ0) is 24.2. The molecule has 3 heterocycles. The summed E-state index contributed by atoms with van der Waals surface area (Å²) >= 11 is 1.37. The van der Waals surface area contributed by atoms with Gasteiger partial charge in [-0.15, -0.1) is 5.10 Å². The molecule has 1 aliphatic heterocycles. The molecule has 0 unspecified atom stereocenters. The number of amides is 2. The van der Waals surface area contributed by atoms with Crippen molar-refractivity contribution in [2.75, 3.05) is 38.5 Å². The average molecular weight is 483 g/mol. The molecule has 4 rings (SSSR count). The van der Waals surface area contributed by atoms with Gasteiger partial charge in [0.1, 0.15) is 10.5 Å². The highest BCUT2D eigenvalue weighted by atomic mass is 32.2. The van der Waals surface area contributed by atoms with Crippen LogP contribution >= 0.6 is 11.8 Å². The van der Waals surface area contributed by atoms with Crippen molar-refractivity contribution in [3.8, 4) is 5.69 Å². The molecule has 2 amide bonds. The SMILES string of the molecule is CCOC(=O)N1CCN(C(=O)CSc2nnc(C(C)C)c3cnn(-c4ccc(C)cc4)c23)CC1. The summed E-state index contributed by atoms with van der Waals surface area (Å²) in [5, 5.41) is 15.2. The van der Waals surface area contributed by atoms with E-state index in [1.165, 1.54) is 17.3 Å². The molecule has 0 radical (unpaired) electrons. The zero-order valence-corrected chi connectivity index (χ0v) is 20.8. The van der Waals surface area contributed by atoms with Crippen molar-refractivity contribution in [2.45, 2.75) is 38.6 Å². The second-order valence-corrected chi connectivity index (χ2v) is 9.52. The Kier molecular flexibility index (Phi) is 7.35. The maximum absolute atomic E-state index is 12.9. The molecule has 0 spiro atoms. The van der Waals surface area contributed by atoms with Crippen LogP contribution in [-0.4, -0.2) is 80.3 Å². The van der Waals surface area contributed by atoms with Crippen molar-refractivity contribution in [1.29, 1.82) is 0 Å². The van der Waals surface area contributed by atoms with Crippen LogP contribution in [0, 0.1) is 6.92 Å². The minimum absolute atomic E-state index is 0.0118. The number of hydrogen-bond acceptors (Lipinski definition) is 7. The van der Waals surface area contributed by atoms with E-state index in [2.05, 4.69) is 29.1 Å². The van der Waals surface area contributed by atoms with Crippen molar-refractivity contribution in [3.63, 3.8) is 0 Å². The Labute approximate surface area is 203 Å². The third-order valence-electron chi connectivity index (χ3n) is 5.81. The minimum atomic E-state index is -0.323. The van der Waals surface area contributed by atoms with Gasteiger partial charge in [0.05, 0.1) is 29.9 Å². The van der Waals surface area contributed by atoms with Crippen LogP contribution in [0.25, 0.3) is 16.6 Å². The molecule has 34 heavy (non-hydrogen) atoms. The molecule has 0 saturated carbocycles. The molecule has 0 N–H and O–H groups in total. The Balaban J connectivity index is 1.52. The number of rotatable bonds is 6. The second kappa shape index (κ2) is 10.4. The fourth-order valence-electron chi connectivity index (χ4n) is 3.92. The summed E-state index contributed by atoms with van der Waals surface area (Å²) in [7, 11) is 0. The van der Waals surface area contributed by atoms with Crippen LogP contribution < -0.4 is 0 Å². The molecule has 10 heteroatoms. The summed E-state index contributed by atoms with van der Waals surface area (Å²) in [5.41, 5.74) is 3.87. The third-order valence-corrected chi connectivity index (χ3v) is 6.75. The van der Waals surface area contributed by atoms with E-state index in [9.17, 15) is 9.59 Å². The van der Waals surface area contributed by atoms with E-state index >= 15 is 0 Å². The van der Waals surface area contributed by atoms with E-state index < -0.39 is 0 Å². The van der Waals surface area contributed by atoms with Crippen LogP contribution in [0.3, 0.4) is 0 Å². The first kappa shape index (κ1) is 24.0. The molecular formula is C24H30N6O3S. The van der Waals surface area contributed by atoms with E-state index in [-0.39, 0.29) is 23.7 Å². The van der Waals surface area contributed by atoms with Crippen LogP contribution in [0.2, 0.25) is 0 Å². The van der Waals surface area contributed by atoms with Crippen molar-refractivity contribution in [3.05, 3.63) is 41.7 Å². The maximum atomic E-state index is 12.9. The summed E-state index contributed by atoms with van der Waals surface area (Å²) in [6.45, 7) is 10.3. The third kappa shape index (κ3) is 5.01. The fourth-order valence-corrected chi connectivity index (χ4v) is 4.80. The highest BCUT2D eigenvalue weighted by Gasteiger charge is 2.26. The molecule has 180 valence electrons. The first-order valence-electron chi connectivity index (χ1n) is 11.5. The highest BCUT2D eigenvalue weighted by molar-refractivity contribution is 8.00. The van der Waals surface area contributed by atoms with Gasteiger partial charge < -0.3 is 14.5 Å². The van der Waals surface area contributed by atoms with Gasteiger partial charge in [0.15, 0.2) is 0 Å². The highest BCUT2D eigenvalue weighted by Crippen LogP contribution is 2.31. The smallest absolute Gasteiger partial charge is 0.409 e. The number of thioether (sulfide) groups is 1. The van der Waals surface area contributed by atoms with Gasteiger partial charge in [-0.3, -0.25) is 4.79 Å². The summed E-state index contributed by atoms with van der Waals surface area (Å²) in [6, 6.07) is 8.15. The van der Waals surface area contributed by atoms with Gasteiger partial charge in [-0.05, 0) is 31.9 Å². The number of hydrogen-bond donors (Lipinski definition) is 0. The lowest BCUT2D eigenvalue weighted by Gasteiger charge is -2.34. The molecule has 1 aromatic carbocycles. The van der Waals surface area contributed by atoms with Gasteiger partial charge in [-0.2, -0.15) is 10.2 Å². The minimum Gasteiger partial charge on any atom is -0.450 e. The molecule has 1 fully saturated rings. The van der Waals surface area contributed by atoms with Gasteiger partial charge >= 0.3 is 6.09 Å². The van der Waals surface area contributed by atoms with E-state index in [0.717, 1.165) is 22.3 Å². The van der Waals surface area contributed by atoms with Gasteiger partial charge in [0, 0.05) is 31.6 Å². The number of fused-ring (bicyclic) bond motifs is 1.